The zero-order valence-electron chi connectivity index (χ0n) is 13.3. The van der Waals surface area contributed by atoms with E-state index < -0.39 is 12.0 Å². The molecular weight excluding hydrogens is 339 g/mol. The van der Waals surface area contributed by atoms with Gasteiger partial charge < -0.3 is 15.2 Å². The highest BCUT2D eigenvalue weighted by Gasteiger charge is 2.37. The molecule has 1 aromatic carbocycles. The Hall–Kier alpha value is -2.88. The van der Waals surface area contributed by atoms with Gasteiger partial charge in [-0.2, -0.15) is 22.7 Å². The monoisotopic (exact) mass is 353 g/mol. The summed E-state index contributed by atoms with van der Waals surface area (Å²) in [6.07, 6.45) is -4.69. The van der Waals surface area contributed by atoms with Gasteiger partial charge in [-0.05, 0) is 17.7 Å². The lowest BCUT2D eigenvalue weighted by Gasteiger charge is -2.12. The van der Waals surface area contributed by atoms with E-state index >= 15 is 0 Å². The lowest BCUT2D eigenvalue weighted by atomic mass is 10.0. The highest BCUT2D eigenvalue weighted by molar-refractivity contribution is 5.77. The van der Waals surface area contributed by atoms with Gasteiger partial charge in [0.15, 0.2) is 0 Å². The zero-order valence-corrected chi connectivity index (χ0v) is 13.3. The van der Waals surface area contributed by atoms with E-state index in [9.17, 15) is 13.2 Å². The molecule has 0 fully saturated rings. The number of aromatic nitrogens is 4. The molecule has 3 rings (SSSR count). The zero-order chi connectivity index (χ0) is 18.2. The number of hydrogen-bond acceptors (Lipinski definition) is 6. The molecule has 7 nitrogen and oxygen atoms in total. The van der Waals surface area contributed by atoms with Crippen LogP contribution in [0.1, 0.15) is 11.5 Å². The molecule has 0 aliphatic carbocycles. The van der Waals surface area contributed by atoms with Crippen LogP contribution in [0.15, 0.2) is 24.3 Å². The highest BCUT2D eigenvalue weighted by Crippen LogP contribution is 2.32. The first-order valence-corrected chi connectivity index (χ1v) is 7.11. The fourth-order valence-electron chi connectivity index (χ4n) is 2.40. The molecule has 0 saturated heterocycles. The van der Waals surface area contributed by atoms with Crippen molar-refractivity contribution in [3.05, 3.63) is 35.8 Å². The summed E-state index contributed by atoms with van der Waals surface area (Å²) >= 11 is 0. The second-order valence-electron chi connectivity index (χ2n) is 5.13. The second kappa shape index (κ2) is 6.20. The van der Waals surface area contributed by atoms with Gasteiger partial charge in [0.2, 0.25) is 0 Å². The molecule has 0 aliphatic rings. The Balaban J connectivity index is 2.24. The Bertz CT molecular complexity index is 906. The van der Waals surface area contributed by atoms with Gasteiger partial charge >= 0.3 is 6.18 Å². The molecule has 0 aliphatic heterocycles. The van der Waals surface area contributed by atoms with Crippen LogP contribution in [0.4, 0.5) is 19.0 Å². The number of ether oxygens (including phenoxy) is 2. The van der Waals surface area contributed by atoms with Gasteiger partial charge in [0, 0.05) is 12.7 Å². The number of fused-ring (bicyclic) bond motifs is 1. The molecule has 0 radical (unpaired) electrons. The minimum Gasteiger partial charge on any atom is -0.497 e. The number of rotatable bonds is 4. The molecule has 2 aromatic heterocycles. The Morgan fingerprint density at radius 1 is 1.12 bits per heavy atom. The van der Waals surface area contributed by atoms with Crippen molar-refractivity contribution in [2.24, 2.45) is 0 Å². The Morgan fingerprint density at radius 2 is 1.80 bits per heavy atom. The third-order valence-corrected chi connectivity index (χ3v) is 3.51. The molecule has 0 atom stereocenters. The summed E-state index contributed by atoms with van der Waals surface area (Å²) in [5.74, 6) is -0.925. The summed E-state index contributed by atoms with van der Waals surface area (Å²) in [6.45, 7) is 0.0519. The standard InChI is InChI=1S/C15H14F3N5O2/c1-24-7-10-11(8-3-5-9(25-2)6-4-8)12(19)23-14(20-10)21-13(22-23)15(16,17)18/h3-6H,7,19H2,1-2H3. The molecule has 10 heteroatoms. The lowest BCUT2D eigenvalue weighted by Crippen LogP contribution is -2.09. The number of anilines is 1. The summed E-state index contributed by atoms with van der Waals surface area (Å²) in [4.78, 5) is 7.54. The maximum atomic E-state index is 12.9. The normalized spacial score (nSPS) is 11.9. The van der Waals surface area contributed by atoms with E-state index in [1.54, 1.807) is 24.3 Å². The van der Waals surface area contributed by atoms with Crippen molar-refractivity contribution in [1.29, 1.82) is 0 Å². The molecule has 0 bridgehead atoms. The summed E-state index contributed by atoms with van der Waals surface area (Å²) in [7, 11) is 2.98. The minimum absolute atomic E-state index is 0.00906. The van der Waals surface area contributed by atoms with Crippen LogP contribution in [-0.2, 0) is 17.5 Å². The van der Waals surface area contributed by atoms with Crippen LogP contribution >= 0.6 is 0 Å². The lowest BCUT2D eigenvalue weighted by molar-refractivity contribution is -0.144. The summed E-state index contributed by atoms with van der Waals surface area (Å²) in [5, 5.41) is 3.43. The minimum atomic E-state index is -4.69. The van der Waals surface area contributed by atoms with E-state index in [1.165, 1.54) is 14.2 Å². The smallest absolute Gasteiger partial charge is 0.453 e. The van der Waals surface area contributed by atoms with Gasteiger partial charge in [-0.25, -0.2) is 4.98 Å². The van der Waals surface area contributed by atoms with Gasteiger partial charge in [-0.15, -0.1) is 5.10 Å². The predicted molar refractivity (Wildman–Crippen MR) is 82.9 cm³/mol. The number of methoxy groups -OCH3 is 2. The average molecular weight is 353 g/mol. The van der Waals surface area contributed by atoms with Crippen molar-refractivity contribution in [1.82, 2.24) is 19.6 Å². The number of nitrogens with zero attached hydrogens (tertiary/aromatic N) is 4. The molecule has 0 unspecified atom stereocenters. The van der Waals surface area contributed by atoms with Crippen LogP contribution in [0.2, 0.25) is 0 Å². The van der Waals surface area contributed by atoms with Crippen molar-refractivity contribution in [2.75, 3.05) is 20.0 Å². The number of nitrogen functional groups attached to an aromatic ring is 1. The van der Waals surface area contributed by atoms with Crippen LogP contribution in [-0.4, -0.2) is 33.8 Å². The summed E-state index contributed by atoms with van der Waals surface area (Å²) in [5.41, 5.74) is 7.50. The van der Waals surface area contributed by atoms with Crippen molar-refractivity contribution in [3.63, 3.8) is 0 Å². The van der Waals surface area contributed by atoms with Crippen LogP contribution in [0.25, 0.3) is 16.9 Å². The van der Waals surface area contributed by atoms with E-state index in [-0.39, 0.29) is 18.2 Å². The van der Waals surface area contributed by atoms with Crippen LogP contribution in [0.5, 0.6) is 5.75 Å². The topological polar surface area (TPSA) is 87.6 Å². The van der Waals surface area contributed by atoms with Gasteiger partial charge in [0.1, 0.15) is 11.6 Å². The first-order valence-electron chi connectivity index (χ1n) is 7.11. The number of hydrogen-bond donors (Lipinski definition) is 1. The summed E-state index contributed by atoms with van der Waals surface area (Å²) < 4.78 is 49.7. The third-order valence-electron chi connectivity index (χ3n) is 3.51. The first kappa shape index (κ1) is 17.0. The van der Waals surface area contributed by atoms with Gasteiger partial charge in [0.05, 0.1) is 19.4 Å². The number of benzene rings is 1. The number of alkyl halides is 3. The number of nitrogens with two attached hydrogens (primary N) is 1. The second-order valence-corrected chi connectivity index (χ2v) is 5.13. The van der Waals surface area contributed by atoms with E-state index in [2.05, 4.69) is 15.1 Å². The van der Waals surface area contributed by atoms with Crippen molar-refractivity contribution in [2.45, 2.75) is 12.8 Å². The molecule has 25 heavy (non-hydrogen) atoms. The fraction of sp³-hybridized carbons (Fsp3) is 0.267. The van der Waals surface area contributed by atoms with Crippen molar-refractivity contribution in [3.8, 4) is 16.9 Å². The van der Waals surface area contributed by atoms with Gasteiger partial charge in [-0.3, -0.25) is 0 Å². The molecule has 0 amide bonds. The van der Waals surface area contributed by atoms with Crippen LogP contribution < -0.4 is 10.5 Å². The largest absolute Gasteiger partial charge is 0.497 e. The Labute approximate surface area is 140 Å². The Morgan fingerprint density at radius 3 is 2.36 bits per heavy atom. The highest BCUT2D eigenvalue weighted by atomic mass is 19.4. The molecule has 2 N–H and O–H groups in total. The van der Waals surface area contributed by atoms with Crippen LogP contribution in [0, 0.1) is 0 Å². The number of halogens is 3. The SMILES string of the molecule is COCc1nc2nc(C(F)(F)F)nn2c(N)c1-c1ccc(OC)cc1. The van der Waals surface area contributed by atoms with Crippen molar-refractivity contribution >= 4 is 11.6 Å². The van der Waals surface area contributed by atoms with E-state index in [0.717, 1.165) is 4.52 Å². The average Bonchev–Trinajstić information content (AvgIpc) is 3.00. The van der Waals surface area contributed by atoms with E-state index in [0.29, 0.717) is 22.6 Å². The van der Waals surface area contributed by atoms with Crippen molar-refractivity contribution < 1.29 is 22.6 Å². The molecular formula is C15H14F3N5O2. The third kappa shape index (κ3) is 3.07. The fourth-order valence-corrected chi connectivity index (χ4v) is 2.40. The molecule has 0 saturated carbocycles. The molecule has 3 aromatic rings. The van der Waals surface area contributed by atoms with E-state index in [1.807, 2.05) is 0 Å². The maximum absolute atomic E-state index is 12.9. The maximum Gasteiger partial charge on any atom is 0.453 e. The molecule has 2 heterocycles. The Kier molecular flexibility index (Phi) is 4.21. The van der Waals surface area contributed by atoms with Crippen LogP contribution in [0.3, 0.4) is 0 Å². The van der Waals surface area contributed by atoms with Gasteiger partial charge in [-0.1, -0.05) is 12.1 Å². The molecule has 132 valence electrons. The quantitative estimate of drug-likeness (QED) is 0.776. The molecule has 0 spiro atoms. The predicted octanol–water partition coefficient (Wildman–Crippen LogP) is 2.55. The first-order chi connectivity index (χ1) is 11.8. The summed E-state index contributed by atoms with van der Waals surface area (Å²) in [6, 6.07) is 6.85. The van der Waals surface area contributed by atoms with E-state index in [4.69, 9.17) is 15.2 Å². The van der Waals surface area contributed by atoms with Gasteiger partial charge in [0.25, 0.3) is 11.6 Å².